The molecule has 0 unspecified atom stereocenters. The second kappa shape index (κ2) is 4.92. The van der Waals surface area contributed by atoms with Gasteiger partial charge in [-0.1, -0.05) is 5.10 Å². The normalized spacial score (nSPS) is 9.67. The summed E-state index contributed by atoms with van der Waals surface area (Å²) in [6, 6.07) is 0.305. The first-order chi connectivity index (χ1) is 5.25. The minimum absolute atomic E-state index is 0. The summed E-state index contributed by atoms with van der Waals surface area (Å²) in [5, 5.41) is 14.3. The minimum Gasteiger partial charge on any atom is -0.353 e. The van der Waals surface area contributed by atoms with Crippen LogP contribution in [0.1, 0.15) is 26.8 Å². The molecule has 0 spiro atoms. The first kappa shape index (κ1) is 11.2. The van der Waals surface area contributed by atoms with Gasteiger partial charge >= 0.3 is 0 Å². The van der Waals surface area contributed by atoms with Crippen molar-refractivity contribution < 1.29 is 0 Å². The lowest BCUT2D eigenvalue weighted by Gasteiger charge is -2.06. The van der Waals surface area contributed by atoms with E-state index >= 15 is 0 Å². The number of nitrogens with zero attached hydrogens (tertiary/aromatic N) is 4. The summed E-state index contributed by atoms with van der Waals surface area (Å²) >= 11 is 0. The average molecular weight is 192 g/mol. The van der Waals surface area contributed by atoms with Gasteiger partial charge < -0.3 is 5.32 Å². The molecule has 0 saturated heterocycles. The van der Waals surface area contributed by atoms with E-state index < -0.39 is 0 Å². The number of aromatic nitrogens is 4. The van der Waals surface area contributed by atoms with Crippen LogP contribution in [0.15, 0.2) is 0 Å². The van der Waals surface area contributed by atoms with Crippen molar-refractivity contribution in [1.29, 1.82) is 0 Å². The van der Waals surface area contributed by atoms with Crippen LogP contribution >= 0.6 is 12.4 Å². The second-order valence-corrected chi connectivity index (χ2v) is 2.57. The molecule has 5 nitrogen and oxygen atoms in total. The van der Waals surface area contributed by atoms with Crippen LogP contribution in [0.2, 0.25) is 0 Å². The van der Waals surface area contributed by atoms with E-state index in [2.05, 4.69) is 20.8 Å². The summed E-state index contributed by atoms with van der Waals surface area (Å²) in [5.74, 6) is 0.738. The SMILES string of the molecule is CCNc1nnnn1C(C)C.Cl. The van der Waals surface area contributed by atoms with Crippen LogP contribution in [-0.2, 0) is 0 Å². The molecule has 0 aliphatic heterocycles. The van der Waals surface area contributed by atoms with Gasteiger partial charge in [-0.15, -0.1) is 12.4 Å². The smallest absolute Gasteiger partial charge is 0.243 e. The summed E-state index contributed by atoms with van der Waals surface area (Å²) < 4.78 is 1.75. The maximum atomic E-state index is 3.83. The molecular weight excluding hydrogens is 178 g/mol. The third-order valence-electron chi connectivity index (χ3n) is 1.32. The van der Waals surface area contributed by atoms with Crippen molar-refractivity contribution in [2.45, 2.75) is 26.8 Å². The van der Waals surface area contributed by atoms with Gasteiger partial charge in [0.2, 0.25) is 5.95 Å². The van der Waals surface area contributed by atoms with Gasteiger partial charge in [-0.05, 0) is 31.2 Å². The maximum absolute atomic E-state index is 3.83. The van der Waals surface area contributed by atoms with E-state index in [1.165, 1.54) is 0 Å². The Labute approximate surface area is 77.9 Å². The van der Waals surface area contributed by atoms with Crippen LogP contribution in [-0.4, -0.2) is 26.8 Å². The standard InChI is InChI=1S/C6H13N5.ClH/c1-4-7-6-8-9-10-11(6)5(2)3;/h5H,4H2,1-3H3,(H,7,8,10);1H. The monoisotopic (exact) mass is 191 g/mol. The molecule has 0 aliphatic carbocycles. The van der Waals surface area contributed by atoms with Crippen LogP contribution in [0.25, 0.3) is 0 Å². The Morgan fingerprint density at radius 1 is 1.50 bits per heavy atom. The highest BCUT2D eigenvalue weighted by Gasteiger charge is 2.06. The summed E-state index contributed by atoms with van der Waals surface area (Å²) in [4.78, 5) is 0. The number of hydrogen-bond donors (Lipinski definition) is 1. The fraction of sp³-hybridized carbons (Fsp3) is 0.833. The average Bonchev–Trinajstić information content (AvgIpc) is 2.36. The lowest BCUT2D eigenvalue weighted by atomic mass is 10.4. The van der Waals surface area contributed by atoms with E-state index in [-0.39, 0.29) is 12.4 Å². The Morgan fingerprint density at radius 3 is 2.67 bits per heavy atom. The molecule has 0 aliphatic rings. The van der Waals surface area contributed by atoms with Crippen molar-refractivity contribution in [1.82, 2.24) is 20.2 Å². The van der Waals surface area contributed by atoms with Gasteiger partial charge in [-0.3, -0.25) is 0 Å². The fourth-order valence-electron chi connectivity index (χ4n) is 0.816. The van der Waals surface area contributed by atoms with Crippen LogP contribution in [0, 0.1) is 0 Å². The molecule has 6 heteroatoms. The molecule has 0 amide bonds. The Morgan fingerprint density at radius 2 is 2.17 bits per heavy atom. The molecule has 1 N–H and O–H groups in total. The van der Waals surface area contributed by atoms with E-state index in [0.717, 1.165) is 12.5 Å². The number of halogens is 1. The lowest BCUT2D eigenvalue weighted by molar-refractivity contribution is 0.519. The topological polar surface area (TPSA) is 55.6 Å². The molecule has 0 bridgehead atoms. The van der Waals surface area contributed by atoms with Crippen molar-refractivity contribution in [3.63, 3.8) is 0 Å². The third-order valence-corrected chi connectivity index (χ3v) is 1.32. The highest BCUT2D eigenvalue weighted by Crippen LogP contribution is 2.07. The first-order valence-electron chi connectivity index (χ1n) is 3.77. The summed E-state index contributed by atoms with van der Waals surface area (Å²) in [5.41, 5.74) is 0. The Balaban J connectivity index is 0.00000121. The van der Waals surface area contributed by atoms with Crippen LogP contribution in [0.5, 0.6) is 0 Å². The van der Waals surface area contributed by atoms with Gasteiger partial charge in [0.15, 0.2) is 0 Å². The van der Waals surface area contributed by atoms with E-state index in [4.69, 9.17) is 0 Å². The molecule has 0 aromatic carbocycles. The molecule has 0 fully saturated rings. The van der Waals surface area contributed by atoms with Crippen molar-refractivity contribution in [3.05, 3.63) is 0 Å². The number of nitrogens with one attached hydrogen (secondary N) is 1. The Bertz CT molecular complexity index is 221. The van der Waals surface area contributed by atoms with Gasteiger partial charge in [0.25, 0.3) is 0 Å². The molecule has 70 valence electrons. The molecule has 1 aromatic heterocycles. The van der Waals surface area contributed by atoms with Gasteiger partial charge in [0.05, 0.1) is 6.04 Å². The molecular formula is C6H14ClN5. The van der Waals surface area contributed by atoms with Crippen LogP contribution in [0.4, 0.5) is 5.95 Å². The van der Waals surface area contributed by atoms with Crippen molar-refractivity contribution in [2.24, 2.45) is 0 Å². The zero-order valence-electron chi connectivity index (χ0n) is 7.48. The second-order valence-electron chi connectivity index (χ2n) is 2.57. The maximum Gasteiger partial charge on any atom is 0.243 e. The fourth-order valence-corrected chi connectivity index (χ4v) is 0.816. The van der Waals surface area contributed by atoms with E-state index in [0.29, 0.717) is 6.04 Å². The predicted octanol–water partition coefficient (Wildman–Crippen LogP) is 1.11. The van der Waals surface area contributed by atoms with Gasteiger partial charge in [0, 0.05) is 6.54 Å². The zero-order valence-corrected chi connectivity index (χ0v) is 8.30. The van der Waals surface area contributed by atoms with Gasteiger partial charge in [0.1, 0.15) is 0 Å². The quantitative estimate of drug-likeness (QED) is 0.778. The third kappa shape index (κ3) is 2.34. The first-order valence-corrected chi connectivity index (χ1v) is 3.77. The molecule has 0 radical (unpaired) electrons. The van der Waals surface area contributed by atoms with E-state index in [9.17, 15) is 0 Å². The zero-order chi connectivity index (χ0) is 8.27. The summed E-state index contributed by atoms with van der Waals surface area (Å²) in [6.45, 7) is 6.93. The largest absolute Gasteiger partial charge is 0.353 e. The summed E-state index contributed by atoms with van der Waals surface area (Å²) in [7, 11) is 0. The summed E-state index contributed by atoms with van der Waals surface area (Å²) in [6.07, 6.45) is 0. The molecule has 1 rings (SSSR count). The Hall–Kier alpha value is -0.840. The van der Waals surface area contributed by atoms with E-state index in [1.54, 1.807) is 4.68 Å². The van der Waals surface area contributed by atoms with Crippen molar-refractivity contribution >= 4 is 18.4 Å². The highest BCUT2D eigenvalue weighted by atomic mass is 35.5. The number of rotatable bonds is 3. The lowest BCUT2D eigenvalue weighted by Crippen LogP contribution is -2.10. The molecule has 1 heterocycles. The van der Waals surface area contributed by atoms with Crippen molar-refractivity contribution in [2.75, 3.05) is 11.9 Å². The molecule has 12 heavy (non-hydrogen) atoms. The molecule has 0 atom stereocenters. The molecule has 0 saturated carbocycles. The van der Waals surface area contributed by atoms with Crippen LogP contribution < -0.4 is 5.32 Å². The van der Waals surface area contributed by atoms with Crippen LogP contribution in [0.3, 0.4) is 0 Å². The predicted molar refractivity (Wildman–Crippen MR) is 49.6 cm³/mol. The number of tetrazole rings is 1. The Kier molecular flexibility index (Phi) is 4.58. The number of anilines is 1. The van der Waals surface area contributed by atoms with Crippen molar-refractivity contribution in [3.8, 4) is 0 Å². The van der Waals surface area contributed by atoms with Gasteiger partial charge in [-0.2, -0.15) is 0 Å². The molecule has 1 aromatic rings. The minimum atomic E-state index is 0. The van der Waals surface area contributed by atoms with E-state index in [1.807, 2.05) is 20.8 Å². The number of hydrogen-bond acceptors (Lipinski definition) is 4. The highest BCUT2D eigenvalue weighted by molar-refractivity contribution is 5.85. The van der Waals surface area contributed by atoms with Gasteiger partial charge in [-0.25, -0.2) is 4.68 Å².